The second kappa shape index (κ2) is 22.8. The summed E-state index contributed by atoms with van der Waals surface area (Å²) in [7, 11) is 1.45. The molecule has 0 fully saturated rings. The Morgan fingerprint density at radius 2 is 1.03 bits per heavy atom. The van der Waals surface area contributed by atoms with Gasteiger partial charge in [0.25, 0.3) is 0 Å². The molecule has 33 heavy (non-hydrogen) atoms. The lowest BCUT2D eigenvalue weighted by Crippen LogP contribution is -2.09. The van der Waals surface area contributed by atoms with E-state index in [1.54, 1.807) is 24.3 Å². The van der Waals surface area contributed by atoms with Crippen LogP contribution in [0.2, 0.25) is 0 Å². The van der Waals surface area contributed by atoms with Gasteiger partial charge in [0.1, 0.15) is 0 Å². The molecule has 0 aliphatic rings. The molecule has 188 valence electrons. The van der Waals surface area contributed by atoms with Crippen molar-refractivity contribution in [3.63, 3.8) is 0 Å². The van der Waals surface area contributed by atoms with Crippen LogP contribution in [0.15, 0.2) is 30.3 Å². The van der Waals surface area contributed by atoms with Gasteiger partial charge < -0.3 is 15.6 Å². The van der Waals surface area contributed by atoms with E-state index >= 15 is 0 Å². The number of benzene rings is 1. The molecule has 0 heterocycles. The van der Waals surface area contributed by atoms with E-state index in [0.29, 0.717) is 18.4 Å². The molecule has 6 heteroatoms. The molecular formula is C27H45NO5. The van der Waals surface area contributed by atoms with E-state index in [1.165, 1.54) is 77.7 Å². The van der Waals surface area contributed by atoms with Crippen LogP contribution in [0.1, 0.15) is 120 Å². The van der Waals surface area contributed by atoms with Crippen molar-refractivity contribution in [2.24, 2.45) is 5.73 Å². The van der Waals surface area contributed by atoms with Crippen molar-refractivity contribution in [3.8, 4) is 0 Å². The summed E-state index contributed by atoms with van der Waals surface area (Å²) in [4.78, 5) is 31.7. The predicted octanol–water partition coefficient (Wildman–Crippen LogP) is 6.66. The molecule has 0 saturated carbocycles. The minimum absolute atomic E-state index is 0.0877. The van der Waals surface area contributed by atoms with E-state index < -0.39 is 5.97 Å². The number of unbranched alkanes of at least 4 members (excludes halogenated alkanes) is 14. The molecule has 0 aliphatic carbocycles. The third kappa shape index (κ3) is 22.6. The molecule has 0 unspecified atom stereocenters. The molecule has 3 N–H and O–H groups in total. The second-order valence-electron chi connectivity index (χ2n) is 8.50. The summed E-state index contributed by atoms with van der Waals surface area (Å²) in [5, 5.41) is 8.54. The van der Waals surface area contributed by atoms with Gasteiger partial charge in [-0.05, 0) is 25.0 Å². The van der Waals surface area contributed by atoms with Crippen LogP contribution in [0.4, 0.5) is 0 Å². The first kappa shape index (κ1) is 30.6. The van der Waals surface area contributed by atoms with Crippen molar-refractivity contribution in [1.82, 2.24) is 0 Å². The highest BCUT2D eigenvalue weighted by atomic mass is 16.5. The number of amides is 1. The Bertz CT molecular complexity index is 618. The number of hydrogen-bond acceptors (Lipinski definition) is 4. The van der Waals surface area contributed by atoms with Gasteiger partial charge in [0.2, 0.25) is 5.91 Å². The number of carbonyl (C=O) groups is 3. The van der Waals surface area contributed by atoms with E-state index in [9.17, 15) is 14.4 Å². The van der Waals surface area contributed by atoms with E-state index in [2.05, 4.69) is 4.74 Å². The zero-order valence-electron chi connectivity index (χ0n) is 20.6. The highest BCUT2D eigenvalue weighted by molar-refractivity contribution is 5.92. The number of carboxylic acid groups (broad SMARTS) is 1. The summed E-state index contributed by atoms with van der Waals surface area (Å²) in [6, 6.07) is 8.76. The van der Waals surface area contributed by atoms with Crippen LogP contribution in [0.3, 0.4) is 0 Å². The lowest BCUT2D eigenvalue weighted by molar-refractivity contribution is -0.141. The van der Waals surface area contributed by atoms with Crippen molar-refractivity contribution in [2.75, 3.05) is 7.11 Å². The van der Waals surface area contributed by atoms with Crippen LogP contribution in [0.5, 0.6) is 0 Å². The SMILES string of the molecule is COC(=O)CCCCCCCCCCCCCCCCCC(=O)O.NC(=O)c1ccccc1. The van der Waals surface area contributed by atoms with Gasteiger partial charge in [-0.1, -0.05) is 102 Å². The molecule has 0 atom stereocenters. The molecule has 1 rings (SSSR count). The van der Waals surface area contributed by atoms with Crippen LogP contribution in [0.25, 0.3) is 0 Å². The monoisotopic (exact) mass is 463 g/mol. The largest absolute Gasteiger partial charge is 0.481 e. The van der Waals surface area contributed by atoms with E-state index in [0.717, 1.165) is 25.7 Å². The van der Waals surface area contributed by atoms with Gasteiger partial charge in [0, 0.05) is 18.4 Å². The molecule has 0 aliphatic heterocycles. The minimum Gasteiger partial charge on any atom is -0.481 e. The zero-order valence-corrected chi connectivity index (χ0v) is 20.6. The molecule has 1 amide bonds. The lowest BCUT2D eigenvalue weighted by Gasteiger charge is -2.03. The first-order chi connectivity index (χ1) is 16.0. The van der Waals surface area contributed by atoms with Crippen LogP contribution in [-0.2, 0) is 14.3 Å². The Kier molecular flexibility index (Phi) is 21.2. The first-order valence-electron chi connectivity index (χ1n) is 12.6. The Hall–Kier alpha value is -2.37. The Balaban J connectivity index is 0.000000938. The fourth-order valence-corrected chi connectivity index (χ4v) is 3.55. The number of aliphatic carboxylic acids is 1. The maximum atomic E-state index is 10.9. The number of carbonyl (C=O) groups excluding carboxylic acids is 2. The highest BCUT2D eigenvalue weighted by Gasteiger charge is 1.99. The average molecular weight is 464 g/mol. The summed E-state index contributed by atoms with van der Waals surface area (Å²) in [6.07, 6.45) is 19.2. The van der Waals surface area contributed by atoms with Crippen LogP contribution >= 0.6 is 0 Å². The van der Waals surface area contributed by atoms with Gasteiger partial charge in [0.15, 0.2) is 0 Å². The summed E-state index contributed by atoms with van der Waals surface area (Å²) < 4.78 is 4.62. The quantitative estimate of drug-likeness (QED) is 0.176. The number of carboxylic acids is 1. The summed E-state index contributed by atoms with van der Waals surface area (Å²) in [5.41, 5.74) is 5.53. The van der Waals surface area contributed by atoms with Gasteiger partial charge in [0.05, 0.1) is 7.11 Å². The van der Waals surface area contributed by atoms with E-state index in [1.807, 2.05) is 6.07 Å². The Labute approximate surface area is 200 Å². The zero-order chi connectivity index (χ0) is 24.6. The maximum Gasteiger partial charge on any atom is 0.305 e. The van der Waals surface area contributed by atoms with Crippen molar-refractivity contribution in [2.45, 2.75) is 109 Å². The fourth-order valence-electron chi connectivity index (χ4n) is 3.55. The predicted molar refractivity (Wildman–Crippen MR) is 133 cm³/mol. The summed E-state index contributed by atoms with van der Waals surface area (Å²) in [6.45, 7) is 0. The van der Waals surface area contributed by atoms with Gasteiger partial charge in [-0.3, -0.25) is 14.4 Å². The molecule has 1 aromatic rings. The molecule has 0 spiro atoms. The van der Waals surface area contributed by atoms with Crippen molar-refractivity contribution in [1.29, 1.82) is 0 Å². The number of primary amides is 1. The van der Waals surface area contributed by atoms with Crippen molar-refractivity contribution in [3.05, 3.63) is 35.9 Å². The smallest absolute Gasteiger partial charge is 0.305 e. The summed E-state index contributed by atoms with van der Waals surface area (Å²) in [5.74, 6) is -1.14. The molecule has 0 radical (unpaired) electrons. The number of hydrogen-bond donors (Lipinski definition) is 2. The number of rotatable bonds is 19. The fraction of sp³-hybridized carbons (Fsp3) is 0.667. The number of methoxy groups -OCH3 is 1. The highest BCUT2D eigenvalue weighted by Crippen LogP contribution is 2.14. The number of ether oxygens (including phenoxy) is 1. The van der Waals surface area contributed by atoms with Gasteiger partial charge in [-0.25, -0.2) is 0 Å². The molecule has 0 bridgehead atoms. The lowest BCUT2D eigenvalue weighted by atomic mass is 10.0. The topological polar surface area (TPSA) is 107 Å². The maximum absolute atomic E-state index is 10.9. The first-order valence-corrected chi connectivity index (χ1v) is 12.6. The van der Waals surface area contributed by atoms with Gasteiger partial charge in [-0.15, -0.1) is 0 Å². The number of esters is 1. The second-order valence-corrected chi connectivity index (χ2v) is 8.50. The Morgan fingerprint density at radius 3 is 1.33 bits per heavy atom. The molecular weight excluding hydrogens is 418 g/mol. The van der Waals surface area contributed by atoms with Gasteiger partial charge >= 0.3 is 11.9 Å². The van der Waals surface area contributed by atoms with Crippen molar-refractivity contribution < 1.29 is 24.2 Å². The van der Waals surface area contributed by atoms with E-state index in [4.69, 9.17) is 10.8 Å². The average Bonchev–Trinajstić information content (AvgIpc) is 2.81. The van der Waals surface area contributed by atoms with Crippen LogP contribution in [-0.4, -0.2) is 30.1 Å². The minimum atomic E-state index is -0.670. The van der Waals surface area contributed by atoms with E-state index in [-0.39, 0.29) is 11.9 Å². The van der Waals surface area contributed by atoms with Crippen molar-refractivity contribution >= 4 is 17.8 Å². The number of nitrogens with two attached hydrogens (primary N) is 1. The normalized spacial score (nSPS) is 10.2. The van der Waals surface area contributed by atoms with Crippen LogP contribution < -0.4 is 5.73 Å². The standard InChI is InChI=1S/C20H38O4.C7H7NO/c1-24-20(23)18-16-14-12-10-8-6-4-2-3-5-7-9-11-13-15-17-19(21)22;8-7(9)6-4-2-1-3-5-6/h2-18H2,1H3,(H,21,22);1-5H,(H2,8,9). The third-order valence-electron chi connectivity index (χ3n) is 5.56. The molecule has 0 saturated heterocycles. The molecule has 1 aromatic carbocycles. The summed E-state index contributed by atoms with van der Waals surface area (Å²) >= 11 is 0. The van der Waals surface area contributed by atoms with Gasteiger partial charge in [-0.2, -0.15) is 0 Å². The van der Waals surface area contributed by atoms with Crippen LogP contribution in [0, 0.1) is 0 Å². The molecule has 6 nitrogen and oxygen atoms in total. The Morgan fingerprint density at radius 1 is 0.667 bits per heavy atom. The third-order valence-corrected chi connectivity index (χ3v) is 5.56. The molecule has 0 aromatic heterocycles.